The lowest BCUT2D eigenvalue weighted by molar-refractivity contribution is -0.116. The van der Waals surface area contributed by atoms with Gasteiger partial charge in [0.25, 0.3) is 5.56 Å². The number of hydrogen-bond donors (Lipinski definition) is 1. The van der Waals surface area contributed by atoms with E-state index < -0.39 is 5.69 Å². The third-order valence-electron chi connectivity index (χ3n) is 5.19. The molecule has 0 radical (unpaired) electrons. The third kappa shape index (κ3) is 3.82. The Morgan fingerprint density at radius 1 is 1.10 bits per heavy atom. The SMILES string of the molecule is Cc1ccc(-n2c(=O)c3sccc3n(CC(=O)Nc3cccc(Cl)c3C)c2=O)c(C)c1. The number of fused-ring (bicyclic) bond motifs is 1. The molecule has 0 aliphatic rings. The van der Waals surface area contributed by atoms with Gasteiger partial charge >= 0.3 is 5.69 Å². The standard InChI is InChI=1S/C23H20ClN3O3S/c1-13-7-8-18(14(2)11-13)27-22(29)21-19(9-10-31-21)26(23(27)30)12-20(28)25-17-6-4-5-16(24)15(17)3/h4-11H,12H2,1-3H3,(H,25,28). The van der Waals surface area contributed by atoms with Crippen LogP contribution in [0.5, 0.6) is 0 Å². The minimum atomic E-state index is -0.555. The van der Waals surface area contributed by atoms with E-state index in [-0.39, 0.29) is 18.0 Å². The zero-order valence-electron chi connectivity index (χ0n) is 17.2. The molecule has 0 bridgehead atoms. The summed E-state index contributed by atoms with van der Waals surface area (Å²) < 4.78 is 2.90. The number of carbonyl (C=O) groups is 1. The number of aromatic nitrogens is 2. The monoisotopic (exact) mass is 453 g/mol. The Kier molecular flexibility index (Phi) is 5.56. The molecule has 1 amide bonds. The molecule has 31 heavy (non-hydrogen) atoms. The number of halogens is 1. The van der Waals surface area contributed by atoms with Gasteiger partial charge in [-0.1, -0.05) is 35.4 Å². The molecule has 2 aromatic carbocycles. The predicted molar refractivity (Wildman–Crippen MR) is 126 cm³/mol. The topological polar surface area (TPSA) is 73.1 Å². The maximum atomic E-state index is 13.4. The molecule has 0 saturated carbocycles. The van der Waals surface area contributed by atoms with E-state index in [1.54, 1.807) is 35.7 Å². The lowest BCUT2D eigenvalue weighted by atomic mass is 10.1. The zero-order chi connectivity index (χ0) is 22.3. The minimum Gasteiger partial charge on any atom is -0.324 e. The van der Waals surface area contributed by atoms with Crippen molar-refractivity contribution < 1.29 is 4.79 Å². The van der Waals surface area contributed by atoms with E-state index in [2.05, 4.69) is 5.32 Å². The van der Waals surface area contributed by atoms with E-state index in [0.29, 0.717) is 26.6 Å². The van der Waals surface area contributed by atoms with Crippen LogP contribution in [0.25, 0.3) is 15.9 Å². The molecular weight excluding hydrogens is 434 g/mol. The minimum absolute atomic E-state index is 0.233. The molecule has 0 spiro atoms. The van der Waals surface area contributed by atoms with Gasteiger partial charge in [-0.15, -0.1) is 11.3 Å². The zero-order valence-corrected chi connectivity index (χ0v) is 18.8. The summed E-state index contributed by atoms with van der Waals surface area (Å²) >= 11 is 7.38. The number of thiophene rings is 1. The fourth-order valence-electron chi connectivity index (χ4n) is 3.58. The molecule has 4 rings (SSSR count). The number of hydrogen-bond acceptors (Lipinski definition) is 4. The van der Waals surface area contributed by atoms with Gasteiger partial charge in [-0.05, 0) is 61.5 Å². The first-order valence-corrected chi connectivity index (χ1v) is 10.9. The fraction of sp³-hybridized carbons (Fsp3) is 0.174. The second-order valence-electron chi connectivity index (χ2n) is 7.39. The van der Waals surface area contributed by atoms with Gasteiger partial charge in [0, 0.05) is 10.7 Å². The van der Waals surface area contributed by atoms with E-state index in [9.17, 15) is 14.4 Å². The molecule has 0 fully saturated rings. The predicted octanol–water partition coefficient (Wildman–Crippen LogP) is 4.43. The normalized spacial score (nSPS) is 11.1. The van der Waals surface area contributed by atoms with Gasteiger partial charge in [0.2, 0.25) is 5.91 Å². The summed E-state index contributed by atoms with van der Waals surface area (Å²) in [6.07, 6.45) is 0. The molecule has 0 aliphatic heterocycles. The van der Waals surface area contributed by atoms with Crippen LogP contribution >= 0.6 is 22.9 Å². The van der Waals surface area contributed by atoms with Gasteiger partial charge in [-0.2, -0.15) is 0 Å². The quantitative estimate of drug-likeness (QED) is 0.496. The number of anilines is 1. The number of nitrogens with one attached hydrogen (secondary N) is 1. The molecule has 0 aliphatic carbocycles. The van der Waals surface area contributed by atoms with Crippen LogP contribution in [0.3, 0.4) is 0 Å². The van der Waals surface area contributed by atoms with E-state index in [1.165, 1.54) is 15.9 Å². The van der Waals surface area contributed by atoms with E-state index in [4.69, 9.17) is 11.6 Å². The van der Waals surface area contributed by atoms with Crippen molar-refractivity contribution in [3.05, 3.63) is 90.4 Å². The first-order valence-electron chi connectivity index (χ1n) is 9.63. The molecule has 2 aromatic heterocycles. The maximum absolute atomic E-state index is 13.4. The molecule has 6 nitrogen and oxygen atoms in total. The Balaban J connectivity index is 1.82. The van der Waals surface area contributed by atoms with Gasteiger partial charge in [0.05, 0.1) is 11.2 Å². The van der Waals surface area contributed by atoms with Crippen molar-refractivity contribution in [2.45, 2.75) is 27.3 Å². The molecule has 4 aromatic rings. The summed E-state index contributed by atoms with van der Waals surface area (Å²) in [5.74, 6) is -0.384. The number of amides is 1. The highest BCUT2D eigenvalue weighted by Crippen LogP contribution is 2.23. The van der Waals surface area contributed by atoms with Crippen LogP contribution in [0, 0.1) is 20.8 Å². The van der Waals surface area contributed by atoms with Crippen molar-refractivity contribution in [1.29, 1.82) is 0 Å². The molecular formula is C23H20ClN3O3S. The number of aryl methyl sites for hydroxylation is 2. The van der Waals surface area contributed by atoms with Crippen LogP contribution < -0.4 is 16.6 Å². The fourth-order valence-corrected chi connectivity index (χ4v) is 4.58. The summed E-state index contributed by atoms with van der Waals surface area (Å²) in [7, 11) is 0. The van der Waals surface area contributed by atoms with Crippen LogP contribution in [0.4, 0.5) is 5.69 Å². The number of carbonyl (C=O) groups excluding carboxylic acids is 1. The Morgan fingerprint density at radius 3 is 2.61 bits per heavy atom. The van der Waals surface area contributed by atoms with Gasteiger partial charge in [-0.25, -0.2) is 9.36 Å². The van der Waals surface area contributed by atoms with Crippen molar-refractivity contribution in [1.82, 2.24) is 9.13 Å². The van der Waals surface area contributed by atoms with Crippen LogP contribution in [-0.2, 0) is 11.3 Å². The van der Waals surface area contributed by atoms with Crippen LogP contribution in [-0.4, -0.2) is 15.0 Å². The summed E-state index contributed by atoms with van der Waals surface area (Å²) in [4.78, 5) is 39.3. The third-order valence-corrected chi connectivity index (χ3v) is 6.49. The Hall–Kier alpha value is -3.16. The van der Waals surface area contributed by atoms with Crippen LogP contribution in [0.15, 0.2) is 57.4 Å². The molecule has 1 N–H and O–H groups in total. The first-order chi connectivity index (χ1) is 14.8. The summed E-state index contributed by atoms with van der Waals surface area (Å²) in [5, 5.41) is 5.09. The maximum Gasteiger partial charge on any atom is 0.336 e. The lowest BCUT2D eigenvalue weighted by Gasteiger charge is -2.15. The summed E-state index contributed by atoms with van der Waals surface area (Å²) in [6.45, 7) is 5.37. The van der Waals surface area contributed by atoms with Gasteiger partial charge in [-0.3, -0.25) is 14.2 Å². The second kappa shape index (κ2) is 8.17. The second-order valence-corrected chi connectivity index (χ2v) is 8.72. The van der Waals surface area contributed by atoms with Gasteiger partial charge in [0.1, 0.15) is 11.2 Å². The van der Waals surface area contributed by atoms with E-state index >= 15 is 0 Å². The average molecular weight is 454 g/mol. The van der Waals surface area contributed by atoms with Crippen molar-refractivity contribution in [3.8, 4) is 5.69 Å². The number of nitrogens with zero attached hydrogens (tertiary/aromatic N) is 2. The molecule has 158 valence electrons. The number of rotatable bonds is 4. The number of benzene rings is 2. The highest BCUT2D eigenvalue weighted by atomic mass is 35.5. The van der Waals surface area contributed by atoms with Crippen molar-refractivity contribution in [2.24, 2.45) is 0 Å². The lowest BCUT2D eigenvalue weighted by Crippen LogP contribution is -2.40. The van der Waals surface area contributed by atoms with Crippen LogP contribution in [0.1, 0.15) is 16.7 Å². The largest absolute Gasteiger partial charge is 0.336 e. The smallest absolute Gasteiger partial charge is 0.324 e. The first kappa shape index (κ1) is 21.1. The van der Waals surface area contributed by atoms with Gasteiger partial charge in [0.15, 0.2) is 0 Å². The highest BCUT2D eigenvalue weighted by molar-refractivity contribution is 7.17. The van der Waals surface area contributed by atoms with Crippen LogP contribution in [0.2, 0.25) is 5.02 Å². The average Bonchev–Trinajstić information content (AvgIpc) is 3.20. The molecule has 8 heteroatoms. The molecule has 0 atom stereocenters. The van der Waals surface area contributed by atoms with Gasteiger partial charge < -0.3 is 5.32 Å². The Bertz CT molecular complexity index is 1450. The van der Waals surface area contributed by atoms with Crippen molar-refractivity contribution in [3.63, 3.8) is 0 Å². The van der Waals surface area contributed by atoms with Crippen molar-refractivity contribution >= 4 is 44.7 Å². The molecule has 0 saturated heterocycles. The summed E-state index contributed by atoms with van der Waals surface area (Å²) in [5.41, 5.74) is 3.17. The highest BCUT2D eigenvalue weighted by Gasteiger charge is 2.19. The Morgan fingerprint density at radius 2 is 1.87 bits per heavy atom. The summed E-state index contributed by atoms with van der Waals surface area (Å²) in [6, 6.07) is 12.4. The van der Waals surface area contributed by atoms with E-state index in [0.717, 1.165) is 21.3 Å². The van der Waals surface area contributed by atoms with Crippen molar-refractivity contribution in [2.75, 3.05) is 5.32 Å². The molecule has 2 heterocycles. The Labute approximate surface area is 187 Å². The molecule has 0 unspecified atom stereocenters. The van der Waals surface area contributed by atoms with E-state index in [1.807, 2.05) is 32.9 Å².